The summed E-state index contributed by atoms with van der Waals surface area (Å²) in [7, 11) is 0. The number of nitrogens with one attached hydrogen (secondary N) is 2. The average Bonchev–Trinajstić information content (AvgIpc) is 3.20. The third-order valence-electron chi connectivity index (χ3n) is 7.91. The molecule has 1 aliphatic heterocycles. The lowest BCUT2D eigenvalue weighted by Crippen LogP contribution is -2.45. The summed E-state index contributed by atoms with van der Waals surface area (Å²) in [4.78, 5) is 32.6. The zero-order valence-electron chi connectivity index (χ0n) is 24.0. The molecule has 1 atom stereocenters. The van der Waals surface area contributed by atoms with E-state index in [1.807, 2.05) is 55.5 Å². The van der Waals surface area contributed by atoms with Gasteiger partial charge >= 0.3 is 6.03 Å². The van der Waals surface area contributed by atoms with Crippen LogP contribution in [-0.2, 0) is 17.9 Å². The molecule has 2 aromatic rings. The standard InChI is InChI=1S/C33H43N5O2/c1-3-5-10-25-17-19-29(20-18-25)36-32(40)35-23-27-13-15-28(16-14-27)24-38-30(39)33(21-6-4-2,37-31(38)34)22-26-11-8-7-9-12-26/h13-20,26H,3-4,6-9,11-12,21-24H2,1-2H3,(H2,34,37)(H2,35,36,40). The maximum absolute atomic E-state index is 13.8. The van der Waals surface area contributed by atoms with Crippen LogP contribution >= 0.6 is 0 Å². The monoisotopic (exact) mass is 541 g/mol. The van der Waals surface area contributed by atoms with Gasteiger partial charge in [0.2, 0.25) is 0 Å². The van der Waals surface area contributed by atoms with Gasteiger partial charge in [0.15, 0.2) is 5.96 Å². The van der Waals surface area contributed by atoms with Crippen LogP contribution in [0.1, 0.15) is 94.7 Å². The number of nitrogens with two attached hydrogens (primary N) is 1. The van der Waals surface area contributed by atoms with E-state index in [9.17, 15) is 9.59 Å². The molecule has 40 heavy (non-hydrogen) atoms. The molecule has 4 N–H and O–H groups in total. The van der Waals surface area contributed by atoms with Gasteiger partial charge in [-0.15, -0.1) is 0 Å². The molecule has 1 saturated carbocycles. The van der Waals surface area contributed by atoms with Crippen molar-refractivity contribution in [1.82, 2.24) is 10.2 Å². The van der Waals surface area contributed by atoms with Gasteiger partial charge < -0.3 is 16.4 Å². The molecule has 1 fully saturated rings. The molecule has 0 radical (unpaired) electrons. The molecule has 2 aliphatic rings. The number of hydrogen-bond acceptors (Lipinski definition) is 4. The number of rotatable bonds is 10. The molecule has 0 bridgehead atoms. The van der Waals surface area contributed by atoms with Crippen molar-refractivity contribution >= 4 is 23.6 Å². The number of carbonyl (C=O) groups excluding carboxylic acids is 2. The van der Waals surface area contributed by atoms with Crippen LogP contribution in [-0.4, -0.2) is 28.3 Å². The van der Waals surface area contributed by atoms with Crippen molar-refractivity contribution in [2.45, 2.75) is 96.7 Å². The number of benzene rings is 2. The van der Waals surface area contributed by atoms with Crippen LogP contribution in [0, 0.1) is 17.8 Å². The Bertz CT molecular complexity index is 1240. The van der Waals surface area contributed by atoms with Crippen molar-refractivity contribution in [3.8, 4) is 11.8 Å². The molecule has 1 unspecified atom stereocenters. The largest absolute Gasteiger partial charge is 0.369 e. The molecule has 1 aliphatic carbocycles. The molecule has 3 amide bonds. The van der Waals surface area contributed by atoms with Crippen LogP contribution in [0.15, 0.2) is 53.5 Å². The summed E-state index contributed by atoms with van der Waals surface area (Å²) in [6.07, 6.45) is 10.5. The topological polar surface area (TPSA) is 99.8 Å². The van der Waals surface area contributed by atoms with Crippen LogP contribution in [0.2, 0.25) is 0 Å². The fourth-order valence-corrected chi connectivity index (χ4v) is 5.70. The van der Waals surface area contributed by atoms with Gasteiger partial charge in [0, 0.05) is 24.2 Å². The van der Waals surface area contributed by atoms with Crippen molar-refractivity contribution in [3.05, 3.63) is 65.2 Å². The van der Waals surface area contributed by atoms with Gasteiger partial charge in [-0.1, -0.05) is 94.9 Å². The lowest BCUT2D eigenvalue weighted by molar-refractivity contribution is -0.132. The Hall–Kier alpha value is -3.79. The number of unbranched alkanes of at least 4 members (excludes halogenated alkanes) is 1. The highest BCUT2D eigenvalue weighted by molar-refractivity contribution is 6.06. The second kappa shape index (κ2) is 14.0. The Labute approximate surface area is 239 Å². The average molecular weight is 542 g/mol. The summed E-state index contributed by atoms with van der Waals surface area (Å²) in [5, 5.41) is 5.74. The summed E-state index contributed by atoms with van der Waals surface area (Å²) in [6.45, 7) is 4.95. The van der Waals surface area contributed by atoms with E-state index in [0.29, 0.717) is 30.7 Å². The second-order valence-electron chi connectivity index (χ2n) is 11.1. The van der Waals surface area contributed by atoms with Crippen LogP contribution in [0.5, 0.6) is 0 Å². The summed E-state index contributed by atoms with van der Waals surface area (Å²) in [6, 6.07) is 15.1. The predicted octanol–water partition coefficient (Wildman–Crippen LogP) is 6.33. The Balaban J connectivity index is 1.31. The number of amides is 3. The summed E-state index contributed by atoms with van der Waals surface area (Å²) < 4.78 is 0. The van der Waals surface area contributed by atoms with E-state index >= 15 is 0 Å². The van der Waals surface area contributed by atoms with Gasteiger partial charge in [-0.2, -0.15) is 0 Å². The smallest absolute Gasteiger partial charge is 0.319 e. The van der Waals surface area contributed by atoms with E-state index in [4.69, 9.17) is 10.7 Å². The van der Waals surface area contributed by atoms with E-state index < -0.39 is 5.54 Å². The summed E-state index contributed by atoms with van der Waals surface area (Å²) >= 11 is 0. The quantitative estimate of drug-likeness (QED) is 0.307. The Morgan fingerprint density at radius 3 is 2.42 bits per heavy atom. The van der Waals surface area contributed by atoms with Gasteiger partial charge in [0.25, 0.3) is 5.91 Å². The van der Waals surface area contributed by atoms with Crippen molar-refractivity contribution in [1.29, 1.82) is 0 Å². The zero-order valence-corrected chi connectivity index (χ0v) is 24.0. The van der Waals surface area contributed by atoms with Crippen LogP contribution < -0.4 is 16.4 Å². The van der Waals surface area contributed by atoms with Gasteiger partial charge in [-0.05, 0) is 54.2 Å². The first-order valence-corrected chi connectivity index (χ1v) is 14.8. The van der Waals surface area contributed by atoms with E-state index in [1.165, 1.54) is 32.1 Å². The minimum Gasteiger partial charge on any atom is -0.369 e. The Kier molecular flexibility index (Phi) is 10.2. The van der Waals surface area contributed by atoms with Crippen molar-refractivity contribution < 1.29 is 9.59 Å². The van der Waals surface area contributed by atoms with Crippen LogP contribution in [0.25, 0.3) is 0 Å². The SMILES string of the molecule is CCC#Cc1ccc(NC(=O)NCc2ccc(CN3C(=O)C(CCCC)(CC4CCCCC4)N=C3N)cc2)cc1. The third-order valence-corrected chi connectivity index (χ3v) is 7.91. The summed E-state index contributed by atoms with van der Waals surface area (Å²) in [5.74, 6) is 7.05. The lowest BCUT2D eigenvalue weighted by atomic mass is 9.77. The molecule has 7 nitrogen and oxygen atoms in total. The van der Waals surface area contributed by atoms with Gasteiger partial charge in [-0.25, -0.2) is 9.79 Å². The highest BCUT2D eigenvalue weighted by atomic mass is 16.2. The van der Waals surface area contributed by atoms with Crippen LogP contribution in [0.4, 0.5) is 10.5 Å². The molecule has 0 aromatic heterocycles. The lowest BCUT2D eigenvalue weighted by Gasteiger charge is -2.32. The van der Waals surface area contributed by atoms with E-state index in [1.54, 1.807) is 4.90 Å². The van der Waals surface area contributed by atoms with Gasteiger partial charge in [0.05, 0.1) is 6.54 Å². The number of carbonyl (C=O) groups is 2. The van der Waals surface area contributed by atoms with Gasteiger partial charge in [-0.3, -0.25) is 9.69 Å². The maximum atomic E-state index is 13.8. The number of anilines is 1. The number of nitrogens with zero attached hydrogens (tertiary/aromatic N) is 2. The molecular formula is C33H43N5O2. The minimum absolute atomic E-state index is 0.0527. The number of aliphatic imine (C=N–C) groups is 1. The first-order chi connectivity index (χ1) is 19.4. The first kappa shape index (κ1) is 29.2. The molecule has 0 spiro atoms. The molecule has 212 valence electrons. The molecule has 0 saturated heterocycles. The van der Waals surface area contributed by atoms with E-state index in [-0.39, 0.29) is 11.9 Å². The fourth-order valence-electron chi connectivity index (χ4n) is 5.70. The molecule has 7 heteroatoms. The normalized spacial score (nSPS) is 19.1. The minimum atomic E-state index is -0.706. The first-order valence-electron chi connectivity index (χ1n) is 14.8. The van der Waals surface area contributed by atoms with Crippen molar-refractivity contribution in [2.24, 2.45) is 16.6 Å². The third kappa shape index (κ3) is 7.65. The molecular weight excluding hydrogens is 498 g/mol. The zero-order chi connectivity index (χ0) is 28.4. The second-order valence-corrected chi connectivity index (χ2v) is 11.1. The van der Waals surface area contributed by atoms with Crippen molar-refractivity contribution in [3.63, 3.8) is 0 Å². The van der Waals surface area contributed by atoms with Gasteiger partial charge in [0.1, 0.15) is 5.54 Å². The number of hydrogen-bond donors (Lipinski definition) is 3. The summed E-state index contributed by atoms with van der Waals surface area (Å²) in [5.41, 5.74) is 9.24. The molecule has 2 aromatic carbocycles. The predicted molar refractivity (Wildman–Crippen MR) is 162 cm³/mol. The fraction of sp³-hybridized carbons (Fsp3) is 0.485. The van der Waals surface area contributed by atoms with E-state index in [2.05, 4.69) is 29.4 Å². The molecule has 4 rings (SSSR count). The highest BCUT2D eigenvalue weighted by Gasteiger charge is 2.48. The van der Waals surface area contributed by atoms with Crippen molar-refractivity contribution in [2.75, 3.05) is 5.32 Å². The molecule has 1 heterocycles. The maximum Gasteiger partial charge on any atom is 0.319 e. The Morgan fingerprint density at radius 2 is 1.75 bits per heavy atom. The Morgan fingerprint density at radius 1 is 1.05 bits per heavy atom. The number of guanidine groups is 1. The van der Waals surface area contributed by atoms with Crippen LogP contribution in [0.3, 0.4) is 0 Å². The number of urea groups is 1. The highest BCUT2D eigenvalue weighted by Crippen LogP contribution is 2.39. The van der Waals surface area contributed by atoms with E-state index in [0.717, 1.165) is 48.8 Å².